The van der Waals surface area contributed by atoms with Crippen LogP contribution in [0.3, 0.4) is 0 Å². The third kappa shape index (κ3) is 3.84. The van der Waals surface area contributed by atoms with Gasteiger partial charge in [0.2, 0.25) is 5.95 Å². The molecule has 0 aliphatic rings. The molecule has 1 aromatic heterocycles. The molecule has 2 rings (SSSR count). The van der Waals surface area contributed by atoms with Gasteiger partial charge in [-0.1, -0.05) is 26.0 Å². The molecule has 2 aromatic rings. The van der Waals surface area contributed by atoms with Crippen LogP contribution in [0, 0.1) is 0 Å². The Morgan fingerprint density at radius 3 is 2.48 bits per heavy atom. The summed E-state index contributed by atoms with van der Waals surface area (Å²) in [4.78, 5) is 10.5. The average molecular weight is 285 g/mol. The van der Waals surface area contributed by atoms with Crippen molar-refractivity contribution in [2.45, 2.75) is 26.7 Å². The standard InChI is InChI=1S/C16H23N5/c1-4-10-18-14-11-15(20-16(17)19-14)21(3)13-8-6-12(5-2)7-9-13/h6-9,11H,4-5,10H2,1-3H3,(H3,17,18,19,20). The van der Waals surface area contributed by atoms with Crippen LogP contribution in [0.1, 0.15) is 25.8 Å². The van der Waals surface area contributed by atoms with E-state index in [2.05, 4.69) is 53.4 Å². The third-order valence-electron chi connectivity index (χ3n) is 3.36. The van der Waals surface area contributed by atoms with Crippen LogP contribution in [0.15, 0.2) is 30.3 Å². The van der Waals surface area contributed by atoms with Gasteiger partial charge in [0.25, 0.3) is 0 Å². The van der Waals surface area contributed by atoms with E-state index in [4.69, 9.17) is 5.73 Å². The molecule has 0 saturated carbocycles. The van der Waals surface area contributed by atoms with E-state index in [9.17, 15) is 0 Å². The number of nitrogens with one attached hydrogen (secondary N) is 1. The Kier molecular flexibility index (Phi) is 4.98. The fourth-order valence-corrected chi connectivity index (χ4v) is 2.06. The molecule has 5 heteroatoms. The zero-order valence-corrected chi connectivity index (χ0v) is 12.9. The minimum Gasteiger partial charge on any atom is -0.370 e. The zero-order valence-electron chi connectivity index (χ0n) is 12.9. The SMILES string of the molecule is CCCNc1cc(N(C)c2ccc(CC)cc2)nc(N)n1. The van der Waals surface area contributed by atoms with Gasteiger partial charge in [-0.3, -0.25) is 0 Å². The van der Waals surface area contributed by atoms with Crippen LogP contribution in [-0.4, -0.2) is 23.6 Å². The fourth-order valence-electron chi connectivity index (χ4n) is 2.06. The molecular formula is C16H23N5. The van der Waals surface area contributed by atoms with Gasteiger partial charge in [-0.05, 0) is 30.5 Å². The van der Waals surface area contributed by atoms with Crippen molar-refractivity contribution in [2.75, 3.05) is 29.5 Å². The second kappa shape index (κ2) is 6.92. The molecule has 1 heterocycles. The number of rotatable bonds is 6. The summed E-state index contributed by atoms with van der Waals surface area (Å²) in [6, 6.07) is 10.4. The summed E-state index contributed by atoms with van der Waals surface area (Å²) in [5.74, 6) is 1.82. The molecule has 0 radical (unpaired) electrons. The summed E-state index contributed by atoms with van der Waals surface area (Å²) in [7, 11) is 1.98. The second-order valence-corrected chi connectivity index (χ2v) is 4.98. The molecule has 0 aliphatic heterocycles. The normalized spacial score (nSPS) is 10.4. The average Bonchev–Trinajstić information content (AvgIpc) is 2.51. The van der Waals surface area contributed by atoms with E-state index in [1.807, 2.05) is 18.0 Å². The number of aromatic nitrogens is 2. The zero-order chi connectivity index (χ0) is 15.2. The Balaban J connectivity index is 2.24. The number of anilines is 4. The van der Waals surface area contributed by atoms with E-state index < -0.39 is 0 Å². The lowest BCUT2D eigenvalue weighted by Crippen LogP contribution is -2.14. The van der Waals surface area contributed by atoms with Gasteiger partial charge in [0.15, 0.2) is 0 Å². The van der Waals surface area contributed by atoms with Crippen LogP contribution >= 0.6 is 0 Å². The number of hydrogen-bond donors (Lipinski definition) is 2. The van der Waals surface area contributed by atoms with Gasteiger partial charge >= 0.3 is 0 Å². The Labute approximate surface area is 126 Å². The van der Waals surface area contributed by atoms with Gasteiger partial charge in [0.05, 0.1) is 0 Å². The number of hydrogen-bond acceptors (Lipinski definition) is 5. The topological polar surface area (TPSA) is 67.1 Å². The molecule has 0 aliphatic carbocycles. The summed E-state index contributed by atoms with van der Waals surface area (Å²) >= 11 is 0. The minimum absolute atomic E-state index is 0.281. The number of benzene rings is 1. The quantitative estimate of drug-likeness (QED) is 0.853. The molecule has 0 saturated heterocycles. The van der Waals surface area contributed by atoms with Crippen molar-refractivity contribution in [1.82, 2.24) is 9.97 Å². The first-order chi connectivity index (χ1) is 10.1. The molecule has 0 fully saturated rings. The van der Waals surface area contributed by atoms with Crippen LogP contribution < -0.4 is 16.0 Å². The first-order valence-corrected chi connectivity index (χ1v) is 7.35. The van der Waals surface area contributed by atoms with Crippen molar-refractivity contribution in [1.29, 1.82) is 0 Å². The number of aryl methyl sites for hydroxylation is 1. The molecular weight excluding hydrogens is 262 g/mol. The summed E-state index contributed by atoms with van der Waals surface area (Å²) in [5.41, 5.74) is 8.20. The van der Waals surface area contributed by atoms with Crippen LogP contribution in [0.2, 0.25) is 0 Å². The predicted octanol–water partition coefficient (Wildman–Crippen LogP) is 3.21. The molecule has 0 atom stereocenters. The van der Waals surface area contributed by atoms with Crippen molar-refractivity contribution in [3.63, 3.8) is 0 Å². The largest absolute Gasteiger partial charge is 0.370 e. The lowest BCUT2D eigenvalue weighted by atomic mass is 10.1. The summed E-state index contributed by atoms with van der Waals surface area (Å²) in [6.07, 6.45) is 2.07. The van der Waals surface area contributed by atoms with Gasteiger partial charge < -0.3 is 16.0 Å². The Morgan fingerprint density at radius 2 is 1.86 bits per heavy atom. The van der Waals surface area contributed by atoms with E-state index in [0.29, 0.717) is 0 Å². The van der Waals surface area contributed by atoms with E-state index in [0.717, 1.165) is 36.7 Å². The van der Waals surface area contributed by atoms with Crippen LogP contribution in [0.4, 0.5) is 23.3 Å². The Hall–Kier alpha value is -2.30. The first-order valence-electron chi connectivity index (χ1n) is 7.35. The maximum atomic E-state index is 5.80. The summed E-state index contributed by atoms with van der Waals surface area (Å²) in [5, 5.41) is 3.24. The molecule has 21 heavy (non-hydrogen) atoms. The highest BCUT2D eigenvalue weighted by atomic mass is 15.2. The molecule has 0 bridgehead atoms. The van der Waals surface area contributed by atoms with Crippen LogP contribution in [0.5, 0.6) is 0 Å². The number of nitrogens with two attached hydrogens (primary N) is 1. The fraction of sp³-hybridized carbons (Fsp3) is 0.375. The molecule has 0 spiro atoms. The summed E-state index contributed by atoms with van der Waals surface area (Å²) < 4.78 is 0. The van der Waals surface area contributed by atoms with Crippen LogP contribution in [-0.2, 0) is 6.42 Å². The molecule has 112 valence electrons. The smallest absolute Gasteiger partial charge is 0.223 e. The number of nitrogen functional groups attached to an aromatic ring is 1. The van der Waals surface area contributed by atoms with E-state index in [1.54, 1.807) is 0 Å². The monoisotopic (exact) mass is 285 g/mol. The first kappa shape index (κ1) is 15.1. The highest BCUT2D eigenvalue weighted by molar-refractivity contribution is 5.63. The third-order valence-corrected chi connectivity index (χ3v) is 3.36. The van der Waals surface area contributed by atoms with Crippen molar-refractivity contribution >= 4 is 23.3 Å². The summed E-state index contributed by atoms with van der Waals surface area (Å²) in [6.45, 7) is 5.13. The van der Waals surface area contributed by atoms with E-state index in [1.165, 1.54) is 5.56 Å². The highest BCUT2D eigenvalue weighted by Crippen LogP contribution is 2.24. The second-order valence-electron chi connectivity index (χ2n) is 4.98. The Morgan fingerprint density at radius 1 is 1.14 bits per heavy atom. The Bertz CT molecular complexity index is 580. The van der Waals surface area contributed by atoms with Crippen molar-refractivity contribution in [2.24, 2.45) is 0 Å². The van der Waals surface area contributed by atoms with Crippen molar-refractivity contribution < 1.29 is 0 Å². The van der Waals surface area contributed by atoms with Crippen molar-refractivity contribution in [3.05, 3.63) is 35.9 Å². The molecule has 1 aromatic carbocycles. The maximum absolute atomic E-state index is 5.80. The lowest BCUT2D eigenvalue weighted by molar-refractivity contribution is 0.964. The van der Waals surface area contributed by atoms with Gasteiger partial charge in [-0.2, -0.15) is 9.97 Å². The molecule has 0 amide bonds. The van der Waals surface area contributed by atoms with E-state index in [-0.39, 0.29) is 5.95 Å². The molecule has 5 nitrogen and oxygen atoms in total. The molecule has 3 N–H and O–H groups in total. The van der Waals surface area contributed by atoms with Gasteiger partial charge in [0.1, 0.15) is 11.6 Å². The van der Waals surface area contributed by atoms with Gasteiger partial charge in [0, 0.05) is 25.3 Å². The van der Waals surface area contributed by atoms with Gasteiger partial charge in [-0.15, -0.1) is 0 Å². The molecule has 0 unspecified atom stereocenters. The minimum atomic E-state index is 0.281. The van der Waals surface area contributed by atoms with Crippen molar-refractivity contribution in [3.8, 4) is 0 Å². The predicted molar refractivity (Wildman–Crippen MR) is 89.1 cm³/mol. The van der Waals surface area contributed by atoms with Crippen LogP contribution in [0.25, 0.3) is 0 Å². The lowest BCUT2D eigenvalue weighted by Gasteiger charge is -2.19. The highest BCUT2D eigenvalue weighted by Gasteiger charge is 2.09. The maximum Gasteiger partial charge on any atom is 0.223 e. The number of nitrogens with zero attached hydrogens (tertiary/aromatic N) is 3. The van der Waals surface area contributed by atoms with Gasteiger partial charge in [-0.25, -0.2) is 0 Å². The van der Waals surface area contributed by atoms with E-state index >= 15 is 0 Å².